The number of allylic oxidation sites excluding steroid dienone is 3. The van der Waals surface area contributed by atoms with Crippen molar-refractivity contribution in [3.05, 3.63) is 68.6 Å². The summed E-state index contributed by atoms with van der Waals surface area (Å²) in [5, 5.41) is 55.2. The molecule has 5 aromatic carbocycles. The average molecular weight is 739 g/mol. The predicted molar refractivity (Wildman–Crippen MR) is 248 cm³/mol. The van der Waals surface area contributed by atoms with Gasteiger partial charge >= 0.3 is 334 Å². The van der Waals surface area contributed by atoms with E-state index in [2.05, 4.69) is 0 Å². The van der Waals surface area contributed by atoms with E-state index in [0.29, 0.717) is 35.5 Å². The second-order valence-corrected chi connectivity index (χ2v) is 14.3. The zero-order valence-electron chi connectivity index (χ0n) is 31.9. The van der Waals surface area contributed by atoms with Gasteiger partial charge in [-0.3, -0.25) is 0 Å². The molecule has 23 radical (unpaired) electrons. The fraction of sp³-hybridized carbons (Fsp3) is 0.100. The van der Waals surface area contributed by atoms with Crippen LogP contribution in [0.5, 0.6) is 28.7 Å². The van der Waals surface area contributed by atoms with E-state index in [1.165, 1.54) is 13.8 Å². The second kappa shape index (κ2) is 15.1. The molecular weight excluding hydrogens is 718 g/mol. The van der Waals surface area contributed by atoms with Crippen LogP contribution < -0.4 is 48.9 Å². The van der Waals surface area contributed by atoms with Crippen molar-refractivity contribution in [2.24, 2.45) is 0 Å². The molecule has 0 unspecified atom stereocenters. The maximum absolute atomic E-state index is 11.5. The third kappa shape index (κ3) is 6.21. The number of benzene rings is 5. The van der Waals surface area contributed by atoms with Gasteiger partial charge in [0, 0.05) is 0 Å². The molecule has 0 saturated carbocycles. The summed E-state index contributed by atoms with van der Waals surface area (Å²) in [6.45, 7) is 3.04. The normalized spacial score (nSPS) is 13.4. The molecule has 6 aromatic rings. The average Bonchev–Trinajstić information content (AvgIpc) is 3.60. The van der Waals surface area contributed by atoms with Gasteiger partial charge in [-0.2, -0.15) is 0 Å². The number of imidazole rings is 1. The Morgan fingerprint density at radius 3 is 1.71 bits per heavy atom. The number of phenolic OH excluding ortho intramolecular Hbond substituents is 5. The molecule has 1 aromatic heterocycles. The maximum atomic E-state index is 11.5. The van der Waals surface area contributed by atoms with Crippen LogP contribution in [-0.4, -0.2) is 129 Å². The summed E-state index contributed by atoms with van der Waals surface area (Å²) in [4.78, 5) is 4.79. The van der Waals surface area contributed by atoms with Crippen molar-refractivity contribution in [2.45, 2.75) is 26.7 Å². The van der Waals surface area contributed by atoms with E-state index in [-0.39, 0.29) is 109 Å². The Morgan fingerprint density at radius 1 is 0.627 bits per heavy atom. The predicted octanol–water partition coefficient (Wildman–Crippen LogP) is -3.56. The summed E-state index contributed by atoms with van der Waals surface area (Å²) in [5.74, 6) is -3.10. The molecule has 257 valence electrons. The van der Waals surface area contributed by atoms with Crippen LogP contribution in [0, 0.1) is 12.0 Å². The van der Waals surface area contributed by atoms with Gasteiger partial charge in [0.25, 0.3) is 0 Å². The number of nitrogens with zero attached hydrogens (tertiary/aromatic N) is 2. The summed E-state index contributed by atoms with van der Waals surface area (Å²) < 4.78 is 1.70. The van der Waals surface area contributed by atoms with E-state index < -0.39 is 34.2 Å². The Balaban J connectivity index is 1.64. The third-order valence-electron chi connectivity index (χ3n) is 10.9. The number of fused-ring (bicyclic) bond motifs is 2. The summed E-state index contributed by atoms with van der Waals surface area (Å²) in [6, 6.07) is 6.82. The Labute approximate surface area is 356 Å². The summed E-state index contributed by atoms with van der Waals surface area (Å²) in [7, 11) is 77.8. The minimum absolute atomic E-state index is 0.0542. The molecule has 0 amide bonds. The molecule has 1 heterocycles. The van der Waals surface area contributed by atoms with Crippen molar-refractivity contribution >= 4 is 160 Å². The summed E-state index contributed by atoms with van der Waals surface area (Å²) >= 11 is 0. The summed E-state index contributed by atoms with van der Waals surface area (Å²) in [5.41, 5.74) is 0.663. The van der Waals surface area contributed by atoms with Gasteiger partial charge in [-0.1, -0.05) is 0 Å². The van der Waals surface area contributed by atoms with E-state index in [1.54, 1.807) is 28.8 Å². The van der Waals surface area contributed by atoms with Gasteiger partial charge in [-0.05, 0) is 0 Å². The van der Waals surface area contributed by atoms with Gasteiger partial charge in [0.1, 0.15) is 7.85 Å². The molecule has 0 saturated heterocycles. The van der Waals surface area contributed by atoms with E-state index in [0.717, 1.165) is 0 Å². The van der Waals surface area contributed by atoms with Crippen LogP contribution in [0.2, 0.25) is 0 Å². The number of aromatic hydroxyl groups is 5. The molecule has 19 heteroatoms. The molecular formula is C40H21B12N2O5. The molecule has 5 N–H and O–H groups in total. The van der Waals surface area contributed by atoms with Crippen LogP contribution in [0.25, 0.3) is 61.6 Å². The minimum atomic E-state index is -0.775. The number of hydrogen-bond acceptors (Lipinski definition) is 6. The van der Waals surface area contributed by atoms with E-state index >= 15 is 0 Å². The first-order chi connectivity index (χ1) is 27.7. The Morgan fingerprint density at radius 2 is 1.15 bits per heavy atom. The van der Waals surface area contributed by atoms with E-state index in [1.807, 2.05) is 12.2 Å². The molecule has 1 aliphatic rings. The molecule has 0 fully saturated rings. The van der Waals surface area contributed by atoms with Crippen molar-refractivity contribution in [1.82, 2.24) is 9.55 Å². The van der Waals surface area contributed by atoms with Gasteiger partial charge in [-0.15, -0.1) is 0 Å². The van der Waals surface area contributed by atoms with Gasteiger partial charge in [0.2, 0.25) is 0 Å². The Hall–Kier alpha value is -5.30. The fourth-order valence-corrected chi connectivity index (χ4v) is 7.59. The van der Waals surface area contributed by atoms with Crippen LogP contribution in [0.15, 0.2) is 41.3 Å². The van der Waals surface area contributed by atoms with Gasteiger partial charge in [0.15, 0.2) is 5.75 Å². The molecule has 7 nitrogen and oxygen atoms in total. The molecule has 1 aliphatic carbocycles. The Bertz CT molecular complexity index is 2990. The third-order valence-corrected chi connectivity index (χ3v) is 10.9. The monoisotopic (exact) mass is 741 g/mol. The van der Waals surface area contributed by atoms with E-state index in [4.69, 9.17) is 98.8 Å². The first-order valence-electron chi connectivity index (χ1n) is 17.9. The van der Waals surface area contributed by atoms with Crippen molar-refractivity contribution in [2.75, 3.05) is 0 Å². The molecule has 0 bridgehead atoms. The van der Waals surface area contributed by atoms with Crippen LogP contribution in [0.1, 0.15) is 30.3 Å². The SMILES string of the molecule is [B]/C(C)=C([B])/C([B])=c1/c(-c2ccc(-n3c(-c4c([B])c(O)c(O)c([B])c4O)nc4c3C=CCC4)cc2)c2c([B])c([B])c([B])c([B])c2c(-c2c(O)c([B])c(C)c([B])c2O)c1=[B]. The number of phenols is 5. The first kappa shape index (κ1) is 41.8. The Kier molecular flexibility index (Phi) is 10.7. The standard InChI is InChI=1S/C40H21B12N2O5/c1-11-24(42)35(55)22(36(56)25(11)43)20-19-18(28(46)32(50)33(51)29(19)47)17(21(27(20)45)30(48)26(44)12(2)41)13-7-9-14(10-8-13)54-16-6-4-3-5-15(16)53-40(54)23-31(49)38(58)39(59)34(52)37(23)57/h4,6-10,55-59H,3,5H2,1-2H3/b26-12-,30-21+. The number of hydrogen-bond donors (Lipinski definition) is 5. The van der Waals surface area contributed by atoms with Gasteiger partial charge in [-0.25, -0.2) is 0 Å². The fourth-order valence-electron chi connectivity index (χ4n) is 7.59. The number of rotatable bonds is 5. The van der Waals surface area contributed by atoms with Crippen molar-refractivity contribution in [3.63, 3.8) is 0 Å². The zero-order valence-corrected chi connectivity index (χ0v) is 31.9. The van der Waals surface area contributed by atoms with Gasteiger partial charge in [0.05, 0.1) is 0 Å². The summed E-state index contributed by atoms with van der Waals surface area (Å²) in [6.07, 6.45) is 5.05. The van der Waals surface area contributed by atoms with E-state index in [9.17, 15) is 25.5 Å². The van der Waals surface area contributed by atoms with Gasteiger partial charge < -0.3 is 10.2 Å². The van der Waals surface area contributed by atoms with Crippen molar-refractivity contribution in [3.8, 4) is 68.1 Å². The number of aryl methyl sites for hydroxylation is 1. The quantitative estimate of drug-likeness (QED) is 0.0711. The second-order valence-electron chi connectivity index (χ2n) is 14.3. The molecule has 0 atom stereocenters. The number of aromatic nitrogens is 2. The zero-order chi connectivity index (χ0) is 43.3. The van der Waals surface area contributed by atoms with Crippen LogP contribution >= 0.6 is 0 Å². The first-order valence-corrected chi connectivity index (χ1v) is 17.9. The van der Waals surface area contributed by atoms with Crippen molar-refractivity contribution < 1.29 is 25.5 Å². The molecule has 0 aliphatic heterocycles. The van der Waals surface area contributed by atoms with Crippen molar-refractivity contribution in [1.29, 1.82) is 0 Å². The molecule has 59 heavy (non-hydrogen) atoms. The van der Waals surface area contributed by atoms with Crippen LogP contribution in [-0.2, 0) is 6.42 Å². The molecule has 7 rings (SSSR count). The van der Waals surface area contributed by atoms with Crippen LogP contribution in [0.4, 0.5) is 0 Å². The topological polar surface area (TPSA) is 119 Å². The molecule has 0 spiro atoms. The van der Waals surface area contributed by atoms with Crippen LogP contribution in [0.3, 0.4) is 0 Å².